The van der Waals surface area contributed by atoms with Crippen LogP contribution >= 0.6 is 11.3 Å². The number of rotatable bonds is 6. The van der Waals surface area contributed by atoms with Crippen LogP contribution in [0.3, 0.4) is 0 Å². The second-order valence-corrected chi connectivity index (χ2v) is 15.1. The zero-order valence-electron chi connectivity index (χ0n) is 30.2. The lowest BCUT2D eigenvalue weighted by molar-refractivity contribution is 1.07. The van der Waals surface area contributed by atoms with Crippen molar-refractivity contribution in [2.45, 2.75) is 0 Å². The summed E-state index contributed by atoms with van der Waals surface area (Å²) in [6, 6.07) is 68.7. The van der Waals surface area contributed by atoms with Crippen LogP contribution in [0, 0.1) is 0 Å². The minimum absolute atomic E-state index is 0.648. The van der Waals surface area contributed by atoms with Gasteiger partial charge in [0.1, 0.15) is 0 Å². The Morgan fingerprint density at radius 2 is 0.839 bits per heavy atom. The number of fused-ring (bicyclic) bond motifs is 6. The Morgan fingerprint density at radius 1 is 0.339 bits per heavy atom. The van der Waals surface area contributed by atoms with Crippen molar-refractivity contribution < 1.29 is 0 Å². The summed E-state index contributed by atoms with van der Waals surface area (Å²) in [6.45, 7) is 0. The smallest absolute Gasteiger partial charge is 0.164 e. The molecule has 8 aromatic carbocycles. The minimum Gasteiger partial charge on any atom is -0.309 e. The van der Waals surface area contributed by atoms with Gasteiger partial charge in [0.15, 0.2) is 17.5 Å². The molecule has 0 fully saturated rings. The highest BCUT2D eigenvalue weighted by atomic mass is 32.1. The third-order valence-corrected chi connectivity index (χ3v) is 11.9. The van der Waals surface area contributed by atoms with E-state index in [0.29, 0.717) is 17.5 Å². The summed E-state index contributed by atoms with van der Waals surface area (Å²) in [4.78, 5) is 14.7. The van der Waals surface area contributed by atoms with Gasteiger partial charge in [0.05, 0.1) is 11.0 Å². The summed E-state index contributed by atoms with van der Waals surface area (Å²) in [5.41, 5.74) is 11.2. The van der Waals surface area contributed by atoms with E-state index in [1.54, 1.807) is 0 Å². The molecule has 0 unspecified atom stereocenters. The molecule has 0 radical (unpaired) electrons. The van der Waals surface area contributed by atoms with Crippen LogP contribution in [-0.4, -0.2) is 19.5 Å². The summed E-state index contributed by atoms with van der Waals surface area (Å²) in [6.07, 6.45) is 0. The summed E-state index contributed by atoms with van der Waals surface area (Å²) in [7, 11) is 0. The molecule has 56 heavy (non-hydrogen) atoms. The molecule has 0 saturated heterocycles. The lowest BCUT2D eigenvalue weighted by Gasteiger charge is -2.11. The second kappa shape index (κ2) is 13.3. The normalized spacial score (nSPS) is 11.6. The number of nitrogens with zero attached hydrogens (tertiary/aromatic N) is 4. The van der Waals surface area contributed by atoms with Gasteiger partial charge < -0.3 is 4.57 Å². The topological polar surface area (TPSA) is 43.6 Å². The lowest BCUT2D eigenvalue weighted by atomic mass is 10.0. The number of hydrogen-bond donors (Lipinski definition) is 0. The third kappa shape index (κ3) is 5.48. The van der Waals surface area contributed by atoms with Crippen molar-refractivity contribution in [3.05, 3.63) is 194 Å². The van der Waals surface area contributed by atoms with Gasteiger partial charge in [0.25, 0.3) is 0 Å². The molecule has 0 bridgehead atoms. The van der Waals surface area contributed by atoms with Crippen molar-refractivity contribution in [2.24, 2.45) is 0 Å². The summed E-state index contributed by atoms with van der Waals surface area (Å²) < 4.78 is 5.05. The number of benzene rings is 8. The molecule has 5 heteroatoms. The van der Waals surface area contributed by atoms with Crippen molar-refractivity contribution in [3.8, 4) is 62.1 Å². The Morgan fingerprint density at radius 3 is 1.52 bits per heavy atom. The number of para-hydroxylation sites is 1. The van der Waals surface area contributed by atoms with Crippen LogP contribution in [0.2, 0.25) is 0 Å². The van der Waals surface area contributed by atoms with Crippen LogP contribution < -0.4 is 0 Å². The molecule has 0 amide bonds. The summed E-state index contributed by atoms with van der Waals surface area (Å²) in [5.74, 6) is 1.96. The molecular formula is C51H32N4S. The van der Waals surface area contributed by atoms with Crippen molar-refractivity contribution in [1.82, 2.24) is 19.5 Å². The van der Waals surface area contributed by atoms with Crippen molar-refractivity contribution in [3.63, 3.8) is 0 Å². The van der Waals surface area contributed by atoms with Gasteiger partial charge in [-0.25, -0.2) is 15.0 Å². The standard InChI is InChI=1S/C51H32N4S/c1-3-12-35(13-4-1)49-52-50(36-14-5-2-6-15-36)54-51(53-49)37-24-22-33(23-25-37)34-26-29-39(30-27-34)55-45-20-9-7-16-41(45)44-32-38(28-31-46(44)55)40-18-11-19-43-42-17-8-10-21-47(42)56-48(40)43/h1-32H. The van der Waals surface area contributed by atoms with Gasteiger partial charge in [-0.1, -0.05) is 158 Å². The van der Waals surface area contributed by atoms with Crippen molar-refractivity contribution in [1.29, 1.82) is 0 Å². The Labute approximate surface area is 327 Å². The minimum atomic E-state index is 0.648. The molecule has 11 rings (SSSR count). The summed E-state index contributed by atoms with van der Waals surface area (Å²) in [5, 5.41) is 5.14. The lowest BCUT2D eigenvalue weighted by Crippen LogP contribution is -2.00. The fourth-order valence-electron chi connectivity index (χ4n) is 7.95. The van der Waals surface area contributed by atoms with Gasteiger partial charge in [-0.2, -0.15) is 0 Å². The van der Waals surface area contributed by atoms with E-state index < -0.39 is 0 Å². The van der Waals surface area contributed by atoms with E-state index in [-0.39, 0.29) is 0 Å². The third-order valence-electron chi connectivity index (χ3n) is 10.7. The first kappa shape index (κ1) is 32.2. The molecule has 11 aromatic rings. The fourth-order valence-corrected chi connectivity index (χ4v) is 9.18. The molecule has 3 aromatic heterocycles. The molecule has 0 aliphatic heterocycles. The first-order chi connectivity index (χ1) is 27.7. The molecule has 0 spiro atoms. The van der Waals surface area contributed by atoms with Crippen LogP contribution in [0.5, 0.6) is 0 Å². The number of aromatic nitrogens is 4. The molecule has 0 atom stereocenters. The predicted molar refractivity (Wildman–Crippen MR) is 234 cm³/mol. The highest BCUT2D eigenvalue weighted by molar-refractivity contribution is 7.26. The highest BCUT2D eigenvalue weighted by Gasteiger charge is 2.16. The average molecular weight is 733 g/mol. The molecular weight excluding hydrogens is 701 g/mol. The molecule has 262 valence electrons. The molecule has 0 saturated carbocycles. The largest absolute Gasteiger partial charge is 0.309 e. The molecule has 4 nitrogen and oxygen atoms in total. The summed E-state index contributed by atoms with van der Waals surface area (Å²) >= 11 is 1.88. The average Bonchev–Trinajstić information content (AvgIpc) is 3.83. The van der Waals surface area contributed by atoms with Gasteiger partial charge >= 0.3 is 0 Å². The van der Waals surface area contributed by atoms with Crippen molar-refractivity contribution in [2.75, 3.05) is 0 Å². The van der Waals surface area contributed by atoms with Crippen LogP contribution in [0.1, 0.15) is 0 Å². The predicted octanol–water partition coefficient (Wildman–Crippen LogP) is 13.7. The van der Waals surface area contributed by atoms with E-state index in [1.807, 2.05) is 72.0 Å². The second-order valence-electron chi connectivity index (χ2n) is 14.0. The van der Waals surface area contributed by atoms with E-state index in [0.717, 1.165) is 33.5 Å². The fraction of sp³-hybridized carbons (Fsp3) is 0. The first-order valence-corrected chi connectivity index (χ1v) is 19.6. The van der Waals surface area contributed by atoms with E-state index in [1.165, 1.54) is 53.1 Å². The number of hydrogen-bond acceptors (Lipinski definition) is 4. The number of thiophene rings is 1. The molecule has 0 aliphatic rings. The van der Waals surface area contributed by atoms with E-state index in [9.17, 15) is 0 Å². The Kier molecular flexibility index (Phi) is 7.64. The SMILES string of the molecule is c1ccc(-c2nc(-c3ccccc3)nc(-c3ccc(-c4ccc(-n5c6ccccc6c6cc(-c7cccc8c7sc7ccccc78)ccc65)cc4)cc3)n2)cc1. The van der Waals surface area contributed by atoms with Gasteiger partial charge in [0, 0.05) is 53.3 Å². The van der Waals surface area contributed by atoms with Crippen LogP contribution in [0.15, 0.2) is 194 Å². The van der Waals surface area contributed by atoms with Crippen molar-refractivity contribution >= 4 is 53.3 Å². The first-order valence-electron chi connectivity index (χ1n) is 18.8. The Balaban J connectivity index is 0.941. The zero-order valence-corrected chi connectivity index (χ0v) is 31.0. The van der Waals surface area contributed by atoms with E-state index >= 15 is 0 Å². The maximum atomic E-state index is 4.91. The van der Waals surface area contributed by atoms with Crippen LogP contribution in [0.25, 0.3) is 104 Å². The molecule has 0 N–H and O–H groups in total. The highest BCUT2D eigenvalue weighted by Crippen LogP contribution is 2.42. The van der Waals surface area contributed by atoms with Crippen LogP contribution in [-0.2, 0) is 0 Å². The van der Waals surface area contributed by atoms with Gasteiger partial charge in [0.2, 0.25) is 0 Å². The maximum absolute atomic E-state index is 4.91. The van der Waals surface area contributed by atoms with Crippen LogP contribution in [0.4, 0.5) is 0 Å². The monoisotopic (exact) mass is 732 g/mol. The van der Waals surface area contributed by atoms with Gasteiger partial charge in [-0.05, 0) is 58.7 Å². The zero-order chi connectivity index (χ0) is 37.0. The van der Waals surface area contributed by atoms with E-state index in [2.05, 4.69) is 138 Å². The Hall–Kier alpha value is -7.21. The maximum Gasteiger partial charge on any atom is 0.164 e. The molecule has 3 heterocycles. The van der Waals surface area contributed by atoms with Gasteiger partial charge in [-0.3, -0.25) is 0 Å². The molecule has 0 aliphatic carbocycles. The quantitative estimate of drug-likeness (QED) is 0.171. The van der Waals surface area contributed by atoms with E-state index in [4.69, 9.17) is 15.0 Å². The van der Waals surface area contributed by atoms with Gasteiger partial charge in [-0.15, -0.1) is 11.3 Å². The Bertz CT molecular complexity index is 3160.